The lowest BCUT2D eigenvalue weighted by molar-refractivity contribution is -0.0457. The lowest BCUT2D eigenvalue weighted by atomic mass is 10.1. The minimum atomic E-state index is -2.34. The van der Waals surface area contributed by atoms with Crippen molar-refractivity contribution in [1.29, 1.82) is 0 Å². The van der Waals surface area contributed by atoms with Gasteiger partial charge in [-0.25, -0.2) is 15.0 Å². The van der Waals surface area contributed by atoms with Crippen LogP contribution in [0.25, 0.3) is 11.2 Å². The molecule has 1 aliphatic rings. The van der Waals surface area contributed by atoms with Gasteiger partial charge in [-0.1, -0.05) is 113 Å². The van der Waals surface area contributed by atoms with Crippen molar-refractivity contribution in [3.8, 4) is 0 Å². The third kappa shape index (κ3) is 8.68. The first-order valence-electron chi connectivity index (χ1n) is 17.7. The number of ether oxygens (including phenoxy) is 1. The van der Waals surface area contributed by atoms with Crippen LogP contribution in [0.5, 0.6) is 0 Å². The zero-order valence-corrected chi connectivity index (χ0v) is 40.1. The van der Waals surface area contributed by atoms with E-state index in [9.17, 15) is 0 Å². The molecule has 1 aliphatic heterocycles. The van der Waals surface area contributed by atoms with Gasteiger partial charge in [-0.15, -0.1) is 0 Å². The van der Waals surface area contributed by atoms with Crippen LogP contribution in [-0.4, -0.2) is 85.5 Å². The lowest BCUT2D eigenvalue weighted by Gasteiger charge is -2.44. The van der Waals surface area contributed by atoms with Gasteiger partial charge in [0.25, 0.3) is 0 Å². The molecule has 2 aromatic heterocycles. The summed E-state index contributed by atoms with van der Waals surface area (Å²) in [4.78, 5) is 15.3. The Morgan fingerprint density at radius 1 is 0.646 bits per heavy atom. The summed E-state index contributed by atoms with van der Waals surface area (Å²) in [5, 5.41) is 0.437. The molecule has 276 valence electrons. The average molecular weight is 774 g/mol. The van der Waals surface area contributed by atoms with Gasteiger partial charge in [0.2, 0.25) is 0 Å². The molecule has 0 amide bonds. The van der Waals surface area contributed by atoms with Gasteiger partial charge in [-0.05, 0) is 54.4 Å². The highest BCUT2D eigenvalue weighted by Crippen LogP contribution is 2.47. The number of aromatic nitrogens is 4. The van der Waals surface area contributed by atoms with E-state index in [1.807, 2.05) is 0 Å². The quantitative estimate of drug-likeness (QED) is 0.176. The molecule has 14 heteroatoms. The van der Waals surface area contributed by atoms with Gasteiger partial charge in [0.15, 0.2) is 42.0 Å². The molecule has 0 unspecified atom stereocenters. The predicted octanol–water partition coefficient (Wildman–Crippen LogP) is 9.27. The van der Waals surface area contributed by atoms with Crippen LogP contribution < -0.4 is 10.9 Å². The zero-order valence-electron chi connectivity index (χ0n) is 34.3. The molecule has 0 aromatic carbocycles. The molecule has 3 rings (SSSR count). The summed E-state index contributed by atoms with van der Waals surface area (Å²) < 4.78 is 31.4. The molecule has 3 heterocycles. The molecule has 0 saturated carbocycles. The summed E-state index contributed by atoms with van der Waals surface area (Å²) in [6.45, 7) is 48.6. The normalized spacial score (nSPS) is 22.6. The van der Waals surface area contributed by atoms with Crippen LogP contribution in [-0.2, 0) is 18.0 Å². The highest BCUT2D eigenvalue weighted by molar-refractivity contribution is 6.88. The van der Waals surface area contributed by atoms with Crippen LogP contribution in [0.15, 0.2) is 0 Å². The van der Waals surface area contributed by atoms with E-state index in [-0.39, 0.29) is 27.3 Å². The molecule has 0 bridgehead atoms. The number of fused-ring (bicyclic) bond motifs is 1. The van der Waals surface area contributed by atoms with E-state index in [0.717, 1.165) is 16.5 Å². The Kier molecular flexibility index (Phi) is 11.7. The third-order valence-electron chi connectivity index (χ3n) is 11.3. The minimum Gasteiger partial charge on any atom is -0.414 e. The van der Waals surface area contributed by atoms with Crippen molar-refractivity contribution in [2.75, 3.05) is 6.61 Å². The Balaban J connectivity index is 2.40. The van der Waals surface area contributed by atoms with Gasteiger partial charge in [0.05, 0.1) is 12.1 Å². The van der Waals surface area contributed by atoms with Crippen LogP contribution >= 0.6 is 11.6 Å². The molecule has 1 fully saturated rings. The van der Waals surface area contributed by atoms with Crippen molar-refractivity contribution < 1.29 is 18.0 Å². The van der Waals surface area contributed by atoms with E-state index in [1.165, 1.54) is 0 Å². The second kappa shape index (κ2) is 13.3. The van der Waals surface area contributed by atoms with Crippen molar-refractivity contribution in [1.82, 2.24) is 19.5 Å². The summed E-state index contributed by atoms with van der Waals surface area (Å²) in [6, 6.07) is 0. The fourth-order valence-electron chi connectivity index (χ4n) is 4.90. The second-order valence-corrected chi connectivity index (χ2v) is 45.2. The molecule has 2 aromatic rings. The predicted molar refractivity (Wildman–Crippen MR) is 217 cm³/mol. The van der Waals surface area contributed by atoms with Gasteiger partial charge >= 0.3 is 0 Å². The van der Waals surface area contributed by atoms with E-state index in [2.05, 4.69) is 145 Å². The Bertz CT molecular complexity index is 1460. The molecule has 8 nitrogen and oxygen atoms in total. The Labute approximate surface area is 303 Å². The molecule has 0 radical (unpaired) electrons. The molecule has 48 heavy (non-hydrogen) atoms. The fourth-order valence-corrected chi connectivity index (χ4v) is 11.1. The SMILES string of the molecule is CC(C)(C)[Si](C)(C)OC[C@H]1O[C@@H](n2c([Si](C)(C)C)nc3c(Cl)nc([Si](C)(C)C)nc32)[C@H](O[Si](C)(C)C(C)(C)C)[C@@H]1O[Si](C)(C)C(C)(C)C. The number of hydrogen-bond acceptors (Lipinski definition) is 7. The fraction of sp³-hybridized carbons (Fsp3) is 0.853. The molecule has 0 spiro atoms. The number of halogens is 1. The zero-order chi connectivity index (χ0) is 37.4. The standard InChI is InChI=1S/C34H69ClN4O4Si5/c1-32(2,3)46(16,17)40-22-23-25(42-47(18,19)33(4,5)6)26(43-48(20,21)34(7,8)9)29(41-23)39-28-24(36-31(39)45(13,14)15)27(35)37-30(38-28)44(10,11)12/h23,25-26,29H,22H2,1-21H3/t23-,25-,26-,29-/m1/s1. The van der Waals surface area contributed by atoms with Crippen LogP contribution in [0, 0.1) is 0 Å². The van der Waals surface area contributed by atoms with Crippen LogP contribution in [0.1, 0.15) is 68.5 Å². The summed E-state index contributed by atoms with van der Waals surface area (Å²) in [5.74, 6) is 0. The highest BCUT2D eigenvalue weighted by Gasteiger charge is 2.56. The number of imidazole rings is 1. The molecule has 0 N–H and O–H groups in total. The van der Waals surface area contributed by atoms with Gasteiger partial charge in [0, 0.05) is 0 Å². The van der Waals surface area contributed by atoms with E-state index in [1.54, 1.807) is 0 Å². The maximum Gasteiger partial charge on any atom is 0.192 e. The average Bonchev–Trinajstić information content (AvgIpc) is 3.38. The largest absolute Gasteiger partial charge is 0.414 e. The van der Waals surface area contributed by atoms with E-state index < -0.39 is 53.4 Å². The molecular formula is C34H69ClN4O4Si5. The van der Waals surface area contributed by atoms with Crippen LogP contribution in [0.2, 0.25) is 98.8 Å². The van der Waals surface area contributed by atoms with Crippen molar-refractivity contribution in [2.45, 2.75) is 181 Å². The van der Waals surface area contributed by atoms with E-state index in [4.69, 9.17) is 44.6 Å². The molecule has 0 aliphatic carbocycles. The Morgan fingerprint density at radius 3 is 1.52 bits per heavy atom. The first-order chi connectivity index (χ1) is 21.1. The third-order valence-corrected chi connectivity index (χ3v) is 28.2. The van der Waals surface area contributed by atoms with Gasteiger partial charge in [0.1, 0.15) is 45.4 Å². The van der Waals surface area contributed by atoms with Crippen LogP contribution in [0.3, 0.4) is 0 Å². The Hall–Kier alpha value is -0.236. The second-order valence-electron chi connectivity index (χ2n) is 20.6. The van der Waals surface area contributed by atoms with Crippen molar-refractivity contribution in [3.63, 3.8) is 0 Å². The maximum absolute atomic E-state index is 7.51. The topological polar surface area (TPSA) is 80.5 Å². The molecule has 1 saturated heterocycles. The van der Waals surface area contributed by atoms with Gasteiger partial charge in [-0.2, -0.15) is 0 Å². The first-order valence-corrected chi connectivity index (χ1v) is 33.8. The molecular weight excluding hydrogens is 704 g/mol. The van der Waals surface area contributed by atoms with Gasteiger partial charge < -0.3 is 18.0 Å². The summed E-state index contributed by atoms with van der Waals surface area (Å²) in [5.41, 5.74) is 3.16. The summed E-state index contributed by atoms with van der Waals surface area (Å²) in [7, 11) is -10.7. The molecule has 4 atom stereocenters. The van der Waals surface area contributed by atoms with Crippen molar-refractivity contribution in [2.24, 2.45) is 0 Å². The van der Waals surface area contributed by atoms with Crippen molar-refractivity contribution >= 4 is 74.8 Å². The highest BCUT2D eigenvalue weighted by atomic mass is 35.5. The van der Waals surface area contributed by atoms with Crippen molar-refractivity contribution in [3.05, 3.63) is 5.15 Å². The summed E-state index contributed by atoms with van der Waals surface area (Å²) in [6.07, 6.45) is -1.59. The van der Waals surface area contributed by atoms with E-state index in [0.29, 0.717) is 17.3 Å². The number of nitrogens with zero attached hydrogens (tertiary/aromatic N) is 4. The lowest BCUT2D eigenvalue weighted by Crippen LogP contribution is -2.55. The smallest absolute Gasteiger partial charge is 0.192 e. The minimum absolute atomic E-state index is 0.00434. The van der Waals surface area contributed by atoms with Crippen LogP contribution in [0.4, 0.5) is 0 Å². The van der Waals surface area contributed by atoms with Gasteiger partial charge in [-0.3, -0.25) is 4.57 Å². The summed E-state index contributed by atoms with van der Waals surface area (Å²) >= 11 is 6.96. The maximum atomic E-state index is 7.51. The number of hydrogen-bond donors (Lipinski definition) is 0. The monoisotopic (exact) mass is 772 g/mol. The Morgan fingerprint density at radius 2 is 1.10 bits per heavy atom. The van der Waals surface area contributed by atoms with E-state index >= 15 is 0 Å². The first kappa shape index (κ1) is 42.2. The number of rotatable bonds is 10.